The molecule has 152 valence electrons. The highest BCUT2D eigenvalue weighted by atomic mass is 16.2. The van der Waals surface area contributed by atoms with Crippen molar-refractivity contribution < 1.29 is 9.59 Å². The molecule has 0 unspecified atom stereocenters. The van der Waals surface area contributed by atoms with Gasteiger partial charge in [0, 0.05) is 56.4 Å². The van der Waals surface area contributed by atoms with Crippen LogP contribution in [0.1, 0.15) is 53.0 Å². The highest BCUT2D eigenvalue weighted by molar-refractivity contribution is 5.98. The summed E-state index contributed by atoms with van der Waals surface area (Å²) in [5.74, 6) is 0.407. The molecule has 29 heavy (non-hydrogen) atoms. The van der Waals surface area contributed by atoms with Gasteiger partial charge in [0.1, 0.15) is 5.69 Å². The predicted octanol–water partition coefficient (Wildman–Crippen LogP) is 1.90. The van der Waals surface area contributed by atoms with Crippen molar-refractivity contribution in [3.8, 4) is 0 Å². The first-order valence-electron chi connectivity index (χ1n) is 10.3. The maximum absolute atomic E-state index is 12.9. The van der Waals surface area contributed by atoms with E-state index in [1.807, 2.05) is 0 Å². The first-order chi connectivity index (χ1) is 14.2. The van der Waals surface area contributed by atoms with E-state index in [2.05, 4.69) is 25.2 Å². The van der Waals surface area contributed by atoms with Gasteiger partial charge in [-0.1, -0.05) is 19.3 Å². The summed E-state index contributed by atoms with van der Waals surface area (Å²) in [5.41, 5.74) is 0.802. The predicted molar refractivity (Wildman–Crippen MR) is 109 cm³/mol. The third-order valence-corrected chi connectivity index (χ3v) is 5.58. The van der Waals surface area contributed by atoms with Crippen LogP contribution in [0.15, 0.2) is 36.8 Å². The highest BCUT2D eigenvalue weighted by Crippen LogP contribution is 2.18. The van der Waals surface area contributed by atoms with Crippen molar-refractivity contribution in [3.05, 3.63) is 48.0 Å². The number of hydrogen-bond donors (Lipinski definition) is 1. The molecule has 1 saturated heterocycles. The topological polar surface area (TPSA) is 91.3 Å². The van der Waals surface area contributed by atoms with Crippen LogP contribution >= 0.6 is 0 Å². The van der Waals surface area contributed by atoms with E-state index in [1.165, 1.54) is 12.6 Å². The number of carbonyl (C=O) groups excluding carboxylic acids is 2. The normalized spacial score (nSPS) is 17.8. The number of nitrogens with zero attached hydrogens (tertiary/aromatic N) is 5. The van der Waals surface area contributed by atoms with Crippen LogP contribution in [0, 0.1) is 0 Å². The van der Waals surface area contributed by atoms with E-state index >= 15 is 0 Å². The second kappa shape index (κ2) is 8.98. The maximum atomic E-state index is 12.9. The van der Waals surface area contributed by atoms with Gasteiger partial charge in [-0.25, -0.2) is 9.97 Å². The quantitative estimate of drug-likeness (QED) is 0.852. The summed E-state index contributed by atoms with van der Waals surface area (Å²) in [4.78, 5) is 42.0. The number of nitrogens with one attached hydrogen (secondary N) is 1. The molecule has 8 nitrogen and oxygen atoms in total. The van der Waals surface area contributed by atoms with Gasteiger partial charge in [0.25, 0.3) is 11.8 Å². The second-order valence-electron chi connectivity index (χ2n) is 7.57. The van der Waals surface area contributed by atoms with Gasteiger partial charge >= 0.3 is 0 Å². The molecule has 1 N–H and O–H groups in total. The Balaban J connectivity index is 1.36. The van der Waals surface area contributed by atoms with Crippen molar-refractivity contribution in [3.63, 3.8) is 0 Å². The lowest BCUT2D eigenvalue weighted by atomic mass is 9.95. The third kappa shape index (κ3) is 4.70. The molecule has 0 atom stereocenters. The molecule has 1 saturated carbocycles. The number of anilines is 1. The molecular formula is C21H26N6O2. The van der Waals surface area contributed by atoms with E-state index in [4.69, 9.17) is 0 Å². The summed E-state index contributed by atoms with van der Waals surface area (Å²) in [5, 5.41) is 3.09. The second-order valence-corrected chi connectivity index (χ2v) is 7.57. The Labute approximate surface area is 170 Å². The molecule has 2 aromatic heterocycles. The van der Waals surface area contributed by atoms with Gasteiger partial charge in [-0.2, -0.15) is 0 Å². The number of hydrogen-bond acceptors (Lipinski definition) is 6. The molecule has 0 aromatic carbocycles. The molecule has 0 spiro atoms. The van der Waals surface area contributed by atoms with Gasteiger partial charge in [-0.05, 0) is 31.0 Å². The fourth-order valence-electron chi connectivity index (χ4n) is 3.93. The Hall–Kier alpha value is -3.03. The van der Waals surface area contributed by atoms with Crippen molar-refractivity contribution in [2.45, 2.75) is 38.1 Å². The van der Waals surface area contributed by atoms with E-state index in [0.717, 1.165) is 25.7 Å². The SMILES string of the molecule is O=C(NC1CCCCC1)c1ccnc(C(=O)N2CCN(c3ncccn3)CC2)c1. The van der Waals surface area contributed by atoms with Crippen molar-refractivity contribution in [1.82, 2.24) is 25.2 Å². The molecule has 2 fully saturated rings. The molecular weight excluding hydrogens is 368 g/mol. The van der Waals surface area contributed by atoms with Crippen LogP contribution in [0.4, 0.5) is 5.95 Å². The number of piperazine rings is 1. The smallest absolute Gasteiger partial charge is 0.272 e. The zero-order valence-corrected chi connectivity index (χ0v) is 16.5. The van der Waals surface area contributed by atoms with E-state index in [1.54, 1.807) is 35.5 Å². The van der Waals surface area contributed by atoms with Gasteiger partial charge in [0.05, 0.1) is 0 Å². The first-order valence-corrected chi connectivity index (χ1v) is 10.3. The minimum Gasteiger partial charge on any atom is -0.349 e. The summed E-state index contributed by atoms with van der Waals surface area (Å²) in [6, 6.07) is 5.29. The lowest BCUT2D eigenvalue weighted by Crippen LogP contribution is -2.49. The molecule has 2 aliphatic rings. The van der Waals surface area contributed by atoms with Gasteiger partial charge in [-0.3, -0.25) is 14.6 Å². The van der Waals surface area contributed by atoms with Gasteiger partial charge < -0.3 is 15.1 Å². The Morgan fingerprint density at radius 3 is 2.38 bits per heavy atom. The lowest BCUT2D eigenvalue weighted by Gasteiger charge is -2.34. The third-order valence-electron chi connectivity index (χ3n) is 5.58. The average molecular weight is 394 g/mol. The summed E-state index contributed by atoms with van der Waals surface area (Å²) in [6.45, 7) is 2.46. The van der Waals surface area contributed by atoms with E-state index in [-0.39, 0.29) is 17.9 Å². The number of amides is 2. The van der Waals surface area contributed by atoms with E-state index < -0.39 is 0 Å². The summed E-state index contributed by atoms with van der Waals surface area (Å²) < 4.78 is 0. The number of rotatable bonds is 4. The summed E-state index contributed by atoms with van der Waals surface area (Å²) in [7, 11) is 0. The first kappa shape index (κ1) is 19.3. The summed E-state index contributed by atoms with van der Waals surface area (Å²) >= 11 is 0. The van der Waals surface area contributed by atoms with Crippen LogP contribution in [-0.4, -0.2) is 63.9 Å². The molecule has 2 aromatic rings. The average Bonchev–Trinajstić information content (AvgIpc) is 2.80. The Kier molecular flexibility index (Phi) is 5.97. The zero-order chi connectivity index (χ0) is 20.1. The van der Waals surface area contributed by atoms with E-state index in [0.29, 0.717) is 43.4 Å². The zero-order valence-electron chi connectivity index (χ0n) is 16.5. The van der Waals surface area contributed by atoms with E-state index in [9.17, 15) is 9.59 Å². The van der Waals surface area contributed by atoms with Crippen molar-refractivity contribution in [2.75, 3.05) is 31.1 Å². The van der Waals surface area contributed by atoms with Gasteiger partial charge in [0.2, 0.25) is 5.95 Å². The molecule has 1 aliphatic carbocycles. The molecule has 0 radical (unpaired) electrons. The van der Waals surface area contributed by atoms with Crippen molar-refractivity contribution >= 4 is 17.8 Å². The Morgan fingerprint density at radius 1 is 0.931 bits per heavy atom. The van der Waals surface area contributed by atoms with Crippen molar-refractivity contribution in [1.29, 1.82) is 0 Å². The van der Waals surface area contributed by atoms with Crippen molar-refractivity contribution in [2.24, 2.45) is 0 Å². The Bertz CT molecular complexity index is 845. The number of carbonyl (C=O) groups is 2. The molecule has 1 aliphatic heterocycles. The minimum atomic E-state index is -0.147. The molecule has 4 rings (SSSR count). The fraction of sp³-hybridized carbons (Fsp3) is 0.476. The van der Waals surface area contributed by atoms with Crippen LogP contribution < -0.4 is 10.2 Å². The van der Waals surface area contributed by atoms with Crippen LogP contribution in [0.25, 0.3) is 0 Å². The number of pyridine rings is 1. The van der Waals surface area contributed by atoms with Gasteiger partial charge in [0.15, 0.2) is 0 Å². The van der Waals surface area contributed by atoms with Crippen LogP contribution in [0.5, 0.6) is 0 Å². The standard InChI is InChI=1S/C21H26N6O2/c28-19(25-17-5-2-1-3-6-17)16-7-10-22-18(15-16)20(29)26-11-13-27(14-12-26)21-23-8-4-9-24-21/h4,7-10,15,17H,1-3,5-6,11-14H2,(H,25,28). The highest BCUT2D eigenvalue weighted by Gasteiger charge is 2.25. The largest absolute Gasteiger partial charge is 0.349 e. The number of aromatic nitrogens is 3. The molecule has 2 amide bonds. The molecule has 8 heteroatoms. The van der Waals surface area contributed by atoms with Gasteiger partial charge in [-0.15, -0.1) is 0 Å². The van der Waals surface area contributed by atoms with Crippen LogP contribution in [0.2, 0.25) is 0 Å². The lowest BCUT2D eigenvalue weighted by molar-refractivity contribution is 0.0740. The molecule has 3 heterocycles. The summed E-state index contributed by atoms with van der Waals surface area (Å²) in [6.07, 6.45) is 10.6. The monoisotopic (exact) mass is 394 g/mol. The van der Waals surface area contributed by atoms with Crippen LogP contribution in [0.3, 0.4) is 0 Å². The fourth-order valence-corrected chi connectivity index (χ4v) is 3.93. The maximum Gasteiger partial charge on any atom is 0.272 e. The Morgan fingerprint density at radius 2 is 1.66 bits per heavy atom. The minimum absolute atomic E-state index is 0.126. The molecule has 0 bridgehead atoms. The van der Waals surface area contributed by atoms with Crippen LogP contribution in [-0.2, 0) is 0 Å².